The second kappa shape index (κ2) is 6.72. The molecule has 3 nitrogen and oxygen atoms in total. The van der Waals surface area contributed by atoms with Gasteiger partial charge < -0.3 is 9.47 Å². The molecular formula is C19H28O3. The lowest BCUT2D eigenvalue weighted by Gasteiger charge is -2.34. The average Bonchev–Trinajstić information content (AvgIpc) is 2.49. The molecule has 0 N–H and O–H groups in total. The minimum absolute atomic E-state index is 0.0549. The van der Waals surface area contributed by atoms with Crippen molar-refractivity contribution < 1.29 is 14.3 Å². The van der Waals surface area contributed by atoms with Crippen LogP contribution in [0.1, 0.15) is 66.2 Å². The number of ether oxygens (including phenoxy) is 2. The maximum absolute atomic E-state index is 12.1. The summed E-state index contributed by atoms with van der Waals surface area (Å²) >= 11 is 0. The van der Waals surface area contributed by atoms with Crippen LogP contribution in [0.5, 0.6) is 11.5 Å². The highest BCUT2D eigenvalue weighted by Crippen LogP contribution is 2.33. The number of hydrogen-bond donors (Lipinski definition) is 0. The van der Waals surface area contributed by atoms with Crippen LogP contribution in [0, 0.1) is 5.41 Å². The molecule has 1 aromatic carbocycles. The minimum Gasteiger partial charge on any atom is -0.488 e. The molecule has 3 heteroatoms. The van der Waals surface area contributed by atoms with Gasteiger partial charge in [-0.25, -0.2) is 0 Å². The molecule has 1 aliphatic carbocycles. The molecular weight excluding hydrogens is 276 g/mol. The molecule has 0 aromatic heterocycles. The standard InChI is InChI=1S/C19H28O3/c1-5-18(2,3)17(20)21-15-9-11-16(12-10-15)22-19(4)13-7-6-8-14-19/h9-12H,5-8,13-14H2,1-4H3. The first kappa shape index (κ1) is 16.9. The molecule has 22 heavy (non-hydrogen) atoms. The number of carbonyl (C=O) groups is 1. The molecule has 0 heterocycles. The molecule has 1 aliphatic rings. The van der Waals surface area contributed by atoms with Crippen LogP contribution in [0.2, 0.25) is 0 Å². The Hall–Kier alpha value is -1.51. The fraction of sp³-hybridized carbons (Fsp3) is 0.632. The smallest absolute Gasteiger partial charge is 0.316 e. The van der Waals surface area contributed by atoms with Crippen LogP contribution >= 0.6 is 0 Å². The van der Waals surface area contributed by atoms with E-state index in [4.69, 9.17) is 9.47 Å². The second-order valence-corrected chi connectivity index (χ2v) is 7.21. The highest BCUT2D eigenvalue weighted by Gasteiger charge is 2.29. The van der Waals surface area contributed by atoms with E-state index in [1.807, 2.05) is 45.0 Å². The molecule has 1 fully saturated rings. The van der Waals surface area contributed by atoms with E-state index in [1.54, 1.807) is 0 Å². The molecule has 0 unspecified atom stereocenters. The van der Waals surface area contributed by atoms with Crippen molar-refractivity contribution in [3.63, 3.8) is 0 Å². The van der Waals surface area contributed by atoms with Crippen LogP contribution in [-0.4, -0.2) is 11.6 Å². The normalized spacial score (nSPS) is 17.8. The maximum atomic E-state index is 12.1. The van der Waals surface area contributed by atoms with Crippen LogP contribution in [-0.2, 0) is 4.79 Å². The average molecular weight is 304 g/mol. The zero-order chi connectivity index (χ0) is 16.2. The second-order valence-electron chi connectivity index (χ2n) is 7.21. The van der Waals surface area contributed by atoms with Gasteiger partial charge in [0, 0.05) is 0 Å². The summed E-state index contributed by atoms with van der Waals surface area (Å²) in [5.41, 5.74) is -0.509. The van der Waals surface area contributed by atoms with Gasteiger partial charge in [0.25, 0.3) is 0 Å². The van der Waals surface area contributed by atoms with Crippen molar-refractivity contribution in [2.24, 2.45) is 5.41 Å². The Morgan fingerprint density at radius 2 is 1.64 bits per heavy atom. The van der Waals surface area contributed by atoms with Crippen LogP contribution in [0.15, 0.2) is 24.3 Å². The summed E-state index contributed by atoms with van der Waals surface area (Å²) in [6.07, 6.45) is 6.74. The van der Waals surface area contributed by atoms with Gasteiger partial charge >= 0.3 is 5.97 Å². The molecule has 1 saturated carbocycles. The first-order chi connectivity index (χ1) is 10.3. The lowest BCUT2D eigenvalue weighted by Crippen LogP contribution is -2.34. The first-order valence-corrected chi connectivity index (χ1v) is 8.36. The lowest BCUT2D eigenvalue weighted by molar-refractivity contribution is -0.144. The maximum Gasteiger partial charge on any atom is 0.316 e. The third-order valence-corrected chi connectivity index (χ3v) is 4.75. The van der Waals surface area contributed by atoms with Gasteiger partial charge in [0.05, 0.1) is 5.41 Å². The van der Waals surface area contributed by atoms with E-state index < -0.39 is 5.41 Å². The third-order valence-electron chi connectivity index (χ3n) is 4.75. The van der Waals surface area contributed by atoms with E-state index in [1.165, 1.54) is 19.3 Å². The zero-order valence-electron chi connectivity index (χ0n) is 14.3. The van der Waals surface area contributed by atoms with Crippen LogP contribution in [0.25, 0.3) is 0 Å². The SMILES string of the molecule is CCC(C)(C)C(=O)Oc1ccc(OC2(C)CCCCC2)cc1. The molecule has 122 valence electrons. The van der Waals surface area contributed by atoms with E-state index in [0.717, 1.165) is 25.0 Å². The highest BCUT2D eigenvalue weighted by atomic mass is 16.5. The lowest BCUT2D eigenvalue weighted by atomic mass is 9.86. The number of rotatable bonds is 5. The van der Waals surface area contributed by atoms with Gasteiger partial charge in [-0.05, 0) is 77.1 Å². The van der Waals surface area contributed by atoms with Gasteiger partial charge in [0.1, 0.15) is 17.1 Å². The molecule has 0 atom stereocenters. The summed E-state index contributed by atoms with van der Waals surface area (Å²) in [6, 6.07) is 7.40. The van der Waals surface area contributed by atoms with Crippen LogP contribution in [0.3, 0.4) is 0 Å². The van der Waals surface area contributed by atoms with Gasteiger partial charge in [-0.3, -0.25) is 4.79 Å². The van der Waals surface area contributed by atoms with E-state index in [2.05, 4.69) is 6.92 Å². The Bertz CT molecular complexity index is 496. The molecule has 2 rings (SSSR count). The van der Waals surface area contributed by atoms with E-state index >= 15 is 0 Å². The predicted molar refractivity (Wildman–Crippen MR) is 88.3 cm³/mol. The molecule has 0 amide bonds. The topological polar surface area (TPSA) is 35.5 Å². The van der Waals surface area contributed by atoms with Crippen molar-refractivity contribution >= 4 is 5.97 Å². The molecule has 0 radical (unpaired) electrons. The molecule has 0 aliphatic heterocycles. The molecule has 0 saturated heterocycles. The number of carbonyl (C=O) groups excluding carboxylic acids is 1. The van der Waals surface area contributed by atoms with Crippen molar-refractivity contribution in [3.8, 4) is 11.5 Å². The molecule has 1 aromatic rings. The Balaban J connectivity index is 1.97. The van der Waals surface area contributed by atoms with E-state index in [9.17, 15) is 4.79 Å². The number of benzene rings is 1. The fourth-order valence-electron chi connectivity index (χ4n) is 2.65. The Labute approximate surface area is 134 Å². The predicted octanol–water partition coefficient (Wildman–Crippen LogP) is 5.13. The summed E-state index contributed by atoms with van der Waals surface area (Å²) in [4.78, 5) is 12.1. The van der Waals surface area contributed by atoms with E-state index in [0.29, 0.717) is 5.75 Å². The van der Waals surface area contributed by atoms with Crippen molar-refractivity contribution in [3.05, 3.63) is 24.3 Å². The van der Waals surface area contributed by atoms with Gasteiger partial charge in [-0.2, -0.15) is 0 Å². The quantitative estimate of drug-likeness (QED) is 0.559. The van der Waals surface area contributed by atoms with E-state index in [-0.39, 0.29) is 11.6 Å². The van der Waals surface area contributed by atoms with Gasteiger partial charge in [0.2, 0.25) is 0 Å². The Morgan fingerprint density at radius 1 is 1.09 bits per heavy atom. The molecule has 0 bridgehead atoms. The highest BCUT2D eigenvalue weighted by molar-refractivity contribution is 5.78. The van der Waals surface area contributed by atoms with Crippen molar-refractivity contribution in [1.82, 2.24) is 0 Å². The molecule has 0 spiro atoms. The minimum atomic E-state index is -0.454. The van der Waals surface area contributed by atoms with Crippen molar-refractivity contribution in [2.75, 3.05) is 0 Å². The van der Waals surface area contributed by atoms with Crippen molar-refractivity contribution in [2.45, 2.75) is 71.8 Å². The Morgan fingerprint density at radius 3 is 2.18 bits per heavy atom. The van der Waals surface area contributed by atoms with Crippen LogP contribution in [0.4, 0.5) is 0 Å². The third kappa shape index (κ3) is 4.25. The summed E-state index contributed by atoms with van der Waals surface area (Å²) in [5, 5.41) is 0. The number of esters is 1. The van der Waals surface area contributed by atoms with Gasteiger partial charge in [-0.15, -0.1) is 0 Å². The van der Waals surface area contributed by atoms with Crippen molar-refractivity contribution in [1.29, 1.82) is 0 Å². The largest absolute Gasteiger partial charge is 0.488 e. The summed E-state index contributed by atoms with van der Waals surface area (Å²) in [7, 11) is 0. The zero-order valence-corrected chi connectivity index (χ0v) is 14.3. The van der Waals surface area contributed by atoms with Gasteiger partial charge in [0.15, 0.2) is 0 Å². The summed E-state index contributed by atoms with van der Waals surface area (Å²) in [6.45, 7) is 7.97. The first-order valence-electron chi connectivity index (χ1n) is 8.36. The number of hydrogen-bond acceptors (Lipinski definition) is 3. The fourth-order valence-corrected chi connectivity index (χ4v) is 2.65. The summed E-state index contributed by atoms with van der Waals surface area (Å²) < 4.78 is 11.6. The van der Waals surface area contributed by atoms with Gasteiger partial charge in [-0.1, -0.05) is 13.3 Å². The monoisotopic (exact) mass is 304 g/mol. The summed E-state index contributed by atoms with van der Waals surface area (Å²) in [5.74, 6) is 1.23. The Kier molecular flexibility index (Phi) is 5.15. The van der Waals surface area contributed by atoms with Crippen LogP contribution < -0.4 is 9.47 Å².